The largest absolute Gasteiger partial charge is 0.489 e. The number of hydrogen-bond acceptors (Lipinski definition) is 7. The first-order valence-corrected chi connectivity index (χ1v) is 7.29. The minimum Gasteiger partial charge on any atom is -0.489 e. The standard InChI is InChI=1S/C14H10N6OS/c1-2-11(20-9-15-18-19-20)7-12(3-1)21-8-10-4-5-13-14(6-10)17-22-16-13/h1-7,9H,8H2. The molecule has 0 fully saturated rings. The molecule has 2 heterocycles. The number of rotatable bonds is 4. The zero-order chi connectivity index (χ0) is 14.8. The second kappa shape index (κ2) is 5.49. The van der Waals surface area contributed by atoms with E-state index >= 15 is 0 Å². The maximum absolute atomic E-state index is 5.83. The molecular formula is C14H10N6OS. The van der Waals surface area contributed by atoms with Crippen LogP contribution in [0.2, 0.25) is 0 Å². The summed E-state index contributed by atoms with van der Waals surface area (Å²) >= 11 is 1.21. The number of hydrogen-bond donors (Lipinski definition) is 0. The predicted molar refractivity (Wildman–Crippen MR) is 80.9 cm³/mol. The second-order valence-electron chi connectivity index (χ2n) is 4.63. The van der Waals surface area contributed by atoms with Gasteiger partial charge in [-0.05, 0) is 40.3 Å². The highest BCUT2D eigenvalue weighted by atomic mass is 32.1. The highest BCUT2D eigenvalue weighted by molar-refractivity contribution is 7.00. The van der Waals surface area contributed by atoms with Crippen LogP contribution in [-0.4, -0.2) is 29.0 Å². The molecule has 0 amide bonds. The third-order valence-electron chi connectivity index (χ3n) is 3.15. The summed E-state index contributed by atoms with van der Waals surface area (Å²) < 4.78 is 15.8. The summed E-state index contributed by atoms with van der Waals surface area (Å²) in [5.41, 5.74) is 3.71. The van der Waals surface area contributed by atoms with Gasteiger partial charge in [-0.15, -0.1) is 5.10 Å². The molecule has 0 bridgehead atoms. The predicted octanol–water partition coefficient (Wildman–Crippen LogP) is 2.25. The number of ether oxygens (including phenoxy) is 1. The van der Waals surface area contributed by atoms with E-state index in [1.54, 1.807) is 11.0 Å². The molecule has 22 heavy (non-hydrogen) atoms. The Balaban J connectivity index is 1.52. The minimum absolute atomic E-state index is 0.465. The van der Waals surface area contributed by atoms with Crippen LogP contribution in [0.15, 0.2) is 48.8 Å². The third-order valence-corrected chi connectivity index (χ3v) is 3.71. The van der Waals surface area contributed by atoms with Crippen LogP contribution in [-0.2, 0) is 6.61 Å². The number of aromatic nitrogens is 6. The average molecular weight is 310 g/mol. The summed E-state index contributed by atoms with van der Waals surface area (Å²) in [4.78, 5) is 0. The molecule has 0 aliphatic rings. The van der Waals surface area contributed by atoms with Crippen molar-refractivity contribution >= 4 is 22.8 Å². The zero-order valence-corrected chi connectivity index (χ0v) is 12.1. The van der Waals surface area contributed by atoms with Gasteiger partial charge in [0.25, 0.3) is 0 Å². The quantitative estimate of drug-likeness (QED) is 0.575. The lowest BCUT2D eigenvalue weighted by atomic mass is 10.2. The van der Waals surface area contributed by atoms with Crippen LogP contribution in [0.5, 0.6) is 5.75 Å². The summed E-state index contributed by atoms with van der Waals surface area (Å²) in [6.07, 6.45) is 1.54. The average Bonchev–Trinajstić information content (AvgIpc) is 3.24. The molecule has 0 aliphatic carbocycles. The first kappa shape index (κ1) is 12.8. The highest BCUT2D eigenvalue weighted by Gasteiger charge is 2.03. The Kier molecular flexibility index (Phi) is 3.20. The van der Waals surface area contributed by atoms with Gasteiger partial charge in [-0.25, -0.2) is 4.68 Å². The fourth-order valence-corrected chi connectivity index (χ4v) is 2.60. The third kappa shape index (κ3) is 2.51. The summed E-state index contributed by atoms with van der Waals surface area (Å²) in [6, 6.07) is 13.5. The topological polar surface area (TPSA) is 78.6 Å². The number of fused-ring (bicyclic) bond motifs is 1. The Morgan fingerprint density at radius 1 is 1.05 bits per heavy atom. The van der Waals surface area contributed by atoms with Crippen molar-refractivity contribution in [3.8, 4) is 11.4 Å². The molecule has 0 saturated carbocycles. The minimum atomic E-state index is 0.465. The molecule has 108 valence electrons. The van der Waals surface area contributed by atoms with E-state index in [4.69, 9.17) is 4.74 Å². The van der Waals surface area contributed by atoms with Gasteiger partial charge in [-0.1, -0.05) is 12.1 Å². The van der Waals surface area contributed by atoms with Crippen molar-refractivity contribution in [3.05, 3.63) is 54.4 Å². The van der Waals surface area contributed by atoms with Gasteiger partial charge in [-0.3, -0.25) is 0 Å². The van der Waals surface area contributed by atoms with E-state index in [2.05, 4.69) is 24.3 Å². The Morgan fingerprint density at radius 3 is 2.91 bits per heavy atom. The summed E-state index contributed by atoms with van der Waals surface area (Å²) in [5.74, 6) is 0.754. The van der Waals surface area contributed by atoms with E-state index in [1.807, 2.05) is 42.5 Å². The van der Waals surface area contributed by atoms with Crippen LogP contribution in [0.3, 0.4) is 0 Å². The van der Waals surface area contributed by atoms with Crippen LogP contribution in [0.4, 0.5) is 0 Å². The van der Waals surface area contributed by atoms with E-state index < -0.39 is 0 Å². The summed E-state index contributed by atoms with van der Waals surface area (Å²) in [7, 11) is 0. The van der Waals surface area contributed by atoms with Crippen molar-refractivity contribution in [2.75, 3.05) is 0 Å². The first-order valence-electron chi connectivity index (χ1n) is 6.56. The van der Waals surface area contributed by atoms with Gasteiger partial charge in [0, 0.05) is 6.07 Å². The van der Waals surface area contributed by atoms with Crippen molar-refractivity contribution in [1.29, 1.82) is 0 Å². The Morgan fingerprint density at radius 2 is 2.00 bits per heavy atom. The number of tetrazole rings is 1. The van der Waals surface area contributed by atoms with Gasteiger partial charge in [0.05, 0.1) is 17.4 Å². The lowest BCUT2D eigenvalue weighted by molar-refractivity contribution is 0.306. The van der Waals surface area contributed by atoms with Gasteiger partial charge in [-0.2, -0.15) is 8.75 Å². The smallest absolute Gasteiger partial charge is 0.143 e. The van der Waals surface area contributed by atoms with E-state index in [1.165, 1.54) is 11.7 Å². The maximum atomic E-state index is 5.83. The van der Waals surface area contributed by atoms with Gasteiger partial charge in [0.15, 0.2) is 0 Å². The number of benzene rings is 2. The molecule has 0 radical (unpaired) electrons. The second-order valence-corrected chi connectivity index (χ2v) is 5.16. The Bertz CT molecular complexity index is 905. The van der Waals surface area contributed by atoms with Crippen LogP contribution in [0.25, 0.3) is 16.7 Å². The molecule has 4 aromatic rings. The number of nitrogens with zero attached hydrogens (tertiary/aromatic N) is 6. The van der Waals surface area contributed by atoms with Crippen LogP contribution < -0.4 is 4.74 Å². The fourth-order valence-electron chi connectivity index (χ4n) is 2.08. The van der Waals surface area contributed by atoms with Crippen molar-refractivity contribution < 1.29 is 4.74 Å². The molecule has 0 atom stereocenters. The molecule has 4 rings (SSSR count). The molecule has 7 nitrogen and oxygen atoms in total. The van der Waals surface area contributed by atoms with Gasteiger partial charge in [0.2, 0.25) is 0 Å². The molecule has 0 aliphatic heterocycles. The zero-order valence-electron chi connectivity index (χ0n) is 11.3. The SMILES string of the molecule is c1cc(OCc2ccc3nsnc3c2)cc(-n2cnnn2)c1. The fraction of sp³-hybridized carbons (Fsp3) is 0.0714. The molecule has 2 aromatic heterocycles. The van der Waals surface area contributed by atoms with Crippen LogP contribution in [0.1, 0.15) is 5.56 Å². The van der Waals surface area contributed by atoms with Crippen molar-refractivity contribution in [2.24, 2.45) is 0 Å². The van der Waals surface area contributed by atoms with Crippen molar-refractivity contribution in [2.45, 2.75) is 6.61 Å². The molecule has 0 unspecified atom stereocenters. The highest BCUT2D eigenvalue weighted by Crippen LogP contribution is 2.19. The van der Waals surface area contributed by atoms with E-state index in [0.717, 1.165) is 28.0 Å². The lowest BCUT2D eigenvalue weighted by Gasteiger charge is -2.07. The molecule has 0 spiro atoms. The normalized spacial score (nSPS) is 10.9. The van der Waals surface area contributed by atoms with Gasteiger partial charge >= 0.3 is 0 Å². The van der Waals surface area contributed by atoms with E-state index in [0.29, 0.717) is 6.61 Å². The summed E-state index contributed by atoms with van der Waals surface area (Å²) in [5, 5.41) is 11.1. The van der Waals surface area contributed by atoms with Crippen LogP contribution >= 0.6 is 11.7 Å². The van der Waals surface area contributed by atoms with Crippen molar-refractivity contribution in [1.82, 2.24) is 29.0 Å². The lowest BCUT2D eigenvalue weighted by Crippen LogP contribution is -1.98. The molecule has 8 heteroatoms. The molecular weight excluding hydrogens is 300 g/mol. The first-order chi connectivity index (χ1) is 10.9. The molecule has 2 aromatic carbocycles. The van der Waals surface area contributed by atoms with Gasteiger partial charge < -0.3 is 4.74 Å². The monoisotopic (exact) mass is 310 g/mol. The maximum Gasteiger partial charge on any atom is 0.143 e. The Labute approximate surface area is 129 Å². The molecule has 0 saturated heterocycles. The van der Waals surface area contributed by atoms with Gasteiger partial charge in [0.1, 0.15) is 29.7 Å². The van der Waals surface area contributed by atoms with Crippen molar-refractivity contribution in [3.63, 3.8) is 0 Å². The van der Waals surface area contributed by atoms with E-state index in [9.17, 15) is 0 Å². The van der Waals surface area contributed by atoms with E-state index in [-0.39, 0.29) is 0 Å². The summed E-state index contributed by atoms with van der Waals surface area (Å²) in [6.45, 7) is 0.465. The van der Waals surface area contributed by atoms with Crippen LogP contribution in [0, 0.1) is 0 Å². The Hall–Kier alpha value is -2.87. The molecule has 0 N–H and O–H groups in total.